The van der Waals surface area contributed by atoms with Crippen molar-refractivity contribution in [3.05, 3.63) is 34.7 Å². The molecule has 0 amide bonds. The van der Waals surface area contributed by atoms with Gasteiger partial charge in [-0.2, -0.15) is 8.42 Å². The first-order valence-corrected chi connectivity index (χ1v) is 5.42. The maximum atomic E-state index is 10.6. The second-order valence-corrected chi connectivity index (χ2v) is 3.98. The molecule has 0 aromatic heterocycles. The van der Waals surface area contributed by atoms with E-state index in [0.717, 1.165) is 12.0 Å². The van der Waals surface area contributed by atoms with E-state index in [1.165, 1.54) is 17.5 Å². The molecule has 0 unspecified atom stereocenters. The molecular formula is C8H11NO5S. The van der Waals surface area contributed by atoms with E-state index in [1.54, 1.807) is 12.1 Å². The molecule has 0 aliphatic rings. The van der Waals surface area contributed by atoms with Crippen LogP contribution in [0.1, 0.15) is 12.5 Å². The van der Waals surface area contributed by atoms with Gasteiger partial charge in [0.05, 0.1) is 4.90 Å². The lowest BCUT2D eigenvalue weighted by Gasteiger charge is -1.97. The van der Waals surface area contributed by atoms with Crippen LogP contribution in [0.25, 0.3) is 0 Å². The first-order valence-electron chi connectivity index (χ1n) is 3.98. The lowest BCUT2D eigenvalue weighted by atomic mass is 10.2. The topological polar surface area (TPSA) is 104 Å². The summed E-state index contributed by atoms with van der Waals surface area (Å²) in [4.78, 5) is 8.06. The molecule has 0 radical (unpaired) electrons. The normalized spacial score (nSPS) is 10.0. The number of rotatable bonds is 2. The molecular weight excluding hydrogens is 222 g/mol. The summed E-state index contributed by atoms with van der Waals surface area (Å²) in [6.07, 6.45) is 0.853. The molecule has 1 aromatic carbocycles. The largest absolute Gasteiger partial charge is 0.379 e. The standard InChI is InChI=1S/C8H10O3S.HNO2/c1-2-7-3-5-8(6-4-7)12(9,10)11;2-1-3/h3-6H,2H2,1H3,(H,9,10,11);(H,2,3). The van der Waals surface area contributed by atoms with E-state index in [4.69, 9.17) is 14.7 Å². The van der Waals surface area contributed by atoms with Gasteiger partial charge in [0.25, 0.3) is 10.1 Å². The summed E-state index contributed by atoms with van der Waals surface area (Å²) < 4.78 is 29.8. The van der Waals surface area contributed by atoms with Crippen LogP contribution in [0.2, 0.25) is 0 Å². The highest BCUT2D eigenvalue weighted by atomic mass is 32.2. The van der Waals surface area contributed by atoms with E-state index in [2.05, 4.69) is 0 Å². The highest BCUT2D eigenvalue weighted by Crippen LogP contribution is 2.09. The number of benzene rings is 1. The van der Waals surface area contributed by atoms with Gasteiger partial charge in [0.15, 0.2) is 5.34 Å². The Hall–Kier alpha value is -1.47. The smallest absolute Gasteiger partial charge is 0.294 e. The van der Waals surface area contributed by atoms with Gasteiger partial charge < -0.3 is 5.21 Å². The molecule has 0 spiro atoms. The first-order chi connectivity index (χ1) is 6.95. The number of nitrogens with zero attached hydrogens (tertiary/aromatic N) is 1. The molecule has 7 heteroatoms. The quantitative estimate of drug-likeness (QED) is 0.459. The summed E-state index contributed by atoms with van der Waals surface area (Å²) in [6, 6.07) is 6.16. The Labute approximate surface area is 87.2 Å². The van der Waals surface area contributed by atoms with Gasteiger partial charge in [-0.3, -0.25) is 4.55 Å². The average Bonchev–Trinajstić information content (AvgIpc) is 2.18. The monoisotopic (exact) mass is 233 g/mol. The molecule has 0 saturated heterocycles. The molecule has 0 aliphatic carbocycles. The fraction of sp³-hybridized carbons (Fsp3) is 0.250. The van der Waals surface area contributed by atoms with Gasteiger partial charge in [0.2, 0.25) is 0 Å². The Balaban J connectivity index is 0.000000583. The van der Waals surface area contributed by atoms with Crippen molar-refractivity contribution in [3.8, 4) is 0 Å². The Kier molecular flexibility index (Phi) is 5.50. The lowest BCUT2D eigenvalue weighted by Crippen LogP contribution is -1.97. The van der Waals surface area contributed by atoms with Crippen molar-refractivity contribution in [2.75, 3.05) is 0 Å². The predicted octanol–water partition coefficient (Wildman–Crippen LogP) is 1.64. The van der Waals surface area contributed by atoms with Gasteiger partial charge in [0.1, 0.15) is 0 Å². The minimum absolute atomic E-state index is 0.0558. The predicted molar refractivity (Wildman–Crippen MR) is 53.2 cm³/mol. The zero-order valence-electron chi connectivity index (χ0n) is 7.99. The van der Waals surface area contributed by atoms with Crippen molar-refractivity contribution in [1.82, 2.24) is 0 Å². The third-order valence-corrected chi connectivity index (χ3v) is 2.50. The lowest BCUT2D eigenvalue weighted by molar-refractivity contribution is 0.312. The molecule has 0 bridgehead atoms. The van der Waals surface area contributed by atoms with Crippen LogP contribution in [0.15, 0.2) is 34.5 Å². The van der Waals surface area contributed by atoms with Crippen LogP contribution in [0.4, 0.5) is 0 Å². The van der Waals surface area contributed by atoms with Crippen molar-refractivity contribution in [2.45, 2.75) is 18.2 Å². The van der Waals surface area contributed by atoms with E-state index in [0.29, 0.717) is 0 Å². The van der Waals surface area contributed by atoms with Crippen LogP contribution in [-0.4, -0.2) is 18.2 Å². The maximum Gasteiger partial charge on any atom is 0.294 e. The summed E-state index contributed by atoms with van der Waals surface area (Å²) >= 11 is 0. The minimum atomic E-state index is -4.03. The van der Waals surface area contributed by atoms with E-state index >= 15 is 0 Å². The Morgan fingerprint density at radius 1 is 1.27 bits per heavy atom. The van der Waals surface area contributed by atoms with Crippen LogP contribution in [-0.2, 0) is 16.5 Å². The van der Waals surface area contributed by atoms with Crippen molar-refractivity contribution in [3.63, 3.8) is 0 Å². The SMILES string of the molecule is CCc1ccc(S(=O)(=O)O)cc1.O=NO. The van der Waals surface area contributed by atoms with Gasteiger partial charge in [0, 0.05) is 0 Å². The van der Waals surface area contributed by atoms with E-state index in [9.17, 15) is 8.42 Å². The zero-order chi connectivity index (χ0) is 11.9. The molecule has 1 aromatic rings. The zero-order valence-corrected chi connectivity index (χ0v) is 8.81. The second-order valence-electron chi connectivity index (χ2n) is 2.55. The molecule has 0 aliphatic heterocycles. The van der Waals surface area contributed by atoms with Crippen molar-refractivity contribution in [2.24, 2.45) is 5.34 Å². The summed E-state index contributed by atoms with van der Waals surface area (Å²) in [5.41, 5.74) is 1.04. The van der Waals surface area contributed by atoms with Crippen molar-refractivity contribution in [1.29, 1.82) is 0 Å². The molecule has 6 nitrogen and oxygen atoms in total. The van der Waals surface area contributed by atoms with Crippen molar-refractivity contribution < 1.29 is 18.2 Å². The van der Waals surface area contributed by atoms with Gasteiger partial charge >= 0.3 is 0 Å². The van der Waals surface area contributed by atoms with Crippen LogP contribution in [0.5, 0.6) is 0 Å². The summed E-state index contributed by atoms with van der Waals surface area (Å²) in [6.45, 7) is 1.97. The molecule has 0 saturated carbocycles. The fourth-order valence-electron chi connectivity index (χ4n) is 0.897. The van der Waals surface area contributed by atoms with Crippen LogP contribution in [0.3, 0.4) is 0 Å². The molecule has 2 N–H and O–H groups in total. The molecule has 84 valence electrons. The fourth-order valence-corrected chi connectivity index (χ4v) is 1.38. The van der Waals surface area contributed by atoms with Crippen LogP contribution < -0.4 is 0 Å². The van der Waals surface area contributed by atoms with Crippen molar-refractivity contribution >= 4 is 10.1 Å². The highest BCUT2D eigenvalue weighted by Gasteiger charge is 2.07. The highest BCUT2D eigenvalue weighted by molar-refractivity contribution is 7.85. The van der Waals surface area contributed by atoms with Crippen LogP contribution >= 0.6 is 0 Å². The van der Waals surface area contributed by atoms with Gasteiger partial charge in [-0.25, -0.2) is 0 Å². The average molecular weight is 233 g/mol. The van der Waals surface area contributed by atoms with E-state index in [-0.39, 0.29) is 4.90 Å². The Morgan fingerprint density at radius 2 is 1.67 bits per heavy atom. The van der Waals surface area contributed by atoms with E-state index in [1.807, 2.05) is 6.92 Å². The molecule has 1 rings (SSSR count). The summed E-state index contributed by atoms with van der Waals surface area (Å²) in [5, 5.41) is 7.89. The number of hydrogen-bond donors (Lipinski definition) is 2. The molecule has 0 heterocycles. The maximum absolute atomic E-state index is 10.6. The second kappa shape index (κ2) is 6.10. The van der Waals surface area contributed by atoms with E-state index < -0.39 is 10.1 Å². The Bertz CT molecular complexity index is 398. The van der Waals surface area contributed by atoms with Crippen LogP contribution in [0, 0.1) is 4.91 Å². The molecule has 0 atom stereocenters. The number of aryl methyl sites for hydroxylation is 1. The summed E-state index contributed by atoms with van der Waals surface area (Å²) in [7, 11) is -4.03. The minimum Gasteiger partial charge on any atom is -0.379 e. The third-order valence-electron chi connectivity index (χ3n) is 1.63. The first kappa shape index (κ1) is 13.5. The number of hydrogen-bond acceptors (Lipinski definition) is 4. The molecule has 0 fully saturated rings. The van der Waals surface area contributed by atoms with Gasteiger partial charge in [-0.1, -0.05) is 19.1 Å². The summed E-state index contributed by atoms with van der Waals surface area (Å²) in [5.74, 6) is 0. The third kappa shape index (κ3) is 5.08. The van der Waals surface area contributed by atoms with Gasteiger partial charge in [-0.05, 0) is 24.1 Å². The molecule has 15 heavy (non-hydrogen) atoms. The Morgan fingerprint density at radius 3 is 1.93 bits per heavy atom. The van der Waals surface area contributed by atoms with Gasteiger partial charge in [-0.15, -0.1) is 4.91 Å².